The summed E-state index contributed by atoms with van der Waals surface area (Å²) in [7, 11) is 0. The van der Waals surface area contributed by atoms with E-state index in [1.807, 2.05) is 26.0 Å². The van der Waals surface area contributed by atoms with Gasteiger partial charge >= 0.3 is 0 Å². The molecule has 0 amide bonds. The summed E-state index contributed by atoms with van der Waals surface area (Å²) in [6.45, 7) is 10.6. The van der Waals surface area contributed by atoms with Crippen LogP contribution in [0.1, 0.15) is 58.3 Å². The van der Waals surface area contributed by atoms with Gasteiger partial charge in [-0.15, -0.1) is 0 Å². The van der Waals surface area contributed by atoms with Gasteiger partial charge in [0.1, 0.15) is 0 Å². The lowest BCUT2D eigenvalue weighted by Gasteiger charge is -2.26. The quantitative estimate of drug-likeness (QED) is 0.750. The molecule has 3 heteroatoms. The molecule has 3 N–H and O–H groups in total. The lowest BCUT2D eigenvalue weighted by atomic mass is 9.86. The third kappa shape index (κ3) is 4.58. The van der Waals surface area contributed by atoms with Crippen LogP contribution in [0.3, 0.4) is 0 Å². The Bertz CT molecular complexity index is 390. The molecule has 1 aromatic rings. The standard InChI is InChI=1S/C17H29NO2/c1-6-15(11-19)18-12(2)16(20)13-7-9-14(10-8-13)17(3,4)5/h7-10,12,15-16,18-20H,6,11H2,1-5H3. The van der Waals surface area contributed by atoms with Crippen molar-refractivity contribution >= 4 is 0 Å². The fraction of sp³-hybridized carbons (Fsp3) is 0.647. The lowest BCUT2D eigenvalue weighted by Crippen LogP contribution is -2.41. The van der Waals surface area contributed by atoms with Gasteiger partial charge in [0.05, 0.1) is 12.7 Å². The third-order valence-electron chi connectivity index (χ3n) is 3.80. The number of nitrogens with one attached hydrogen (secondary N) is 1. The first-order chi connectivity index (χ1) is 9.29. The van der Waals surface area contributed by atoms with Gasteiger partial charge in [0.25, 0.3) is 0 Å². The zero-order chi connectivity index (χ0) is 15.3. The molecule has 0 saturated carbocycles. The summed E-state index contributed by atoms with van der Waals surface area (Å²) in [6, 6.07) is 8.08. The molecule has 0 heterocycles. The van der Waals surface area contributed by atoms with Crippen LogP contribution in [0.2, 0.25) is 0 Å². The second-order valence-corrected chi connectivity index (χ2v) is 6.56. The summed E-state index contributed by atoms with van der Waals surface area (Å²) in [5.74, 6) is 0. The van der Waals surface area contributed by atoms with Gasteiger partial charge in [0.2, 0.25) is 0 Å². The molecule has 0 aliphatic carbocycles. The van der Waals surface area contributed by atoms with E-state index in [2.05, 4.69) is 38.2 Å². The average Bonchev–Trinajstić information content (AvgIpc) is 2.42. The van der Waals surface area contributed by atoms with Crippen molar-refractivity contribution in [3.8, 4) is 0 Å². The summed E-state index contributed by atoms with van der Waals surface area (Å²) in [5.41, 5.74) is 2.29. The maximum Gasteiger partial charge on any atom is 0.0940 e. The van der Waals surface area contributed by atoms with E-state index in [-0.39, 0.29) is 24.1 Å². The van der Waals surface area contributed by atoms with Crippen molar-refractivity contribution in [2.75, 3.05) is 6.61 Å². The highest BCUT2D eigenvalue weighted by molar-refractivity contribution is 5.29. The number of rotatable bonds is 6. The highest BCUT2D eigenvalue weighted by atomic mass is 16.3. The van der Waals surface area contributed by atoms with Crippen LogP contribution in [0.25, 0.3) is 0 Å². The van der Waals surface area contributed by atoms with E-state index in [1.165, 1.54) is 5.56 Å². The number of aliphatic hydroxyl groups is 2. The third-order valence-corrected chi connectivity index (χ3v) is 3.80. The first-order valence-corrected chi connectivity index (χ1v) is 7.45. The smallest absolute Gasteiger partial charge is 0.0940 e. The van der Waals surface area contributed by atoms with Gasteiger partial charge in [-0.1, -0.05) is 52.0 Å². The van der Waals surface area contributed by atoms with Crippen LogP contribution in [0.5, 0.6) is 0 Å². The molecule has 0 radical (unpaired) electrons. The van der Waals surface area contributed by atoms with E-state index in [1.54, 1.807) is 0 Å². The molecule has 0 aliphatic heterocycles. The molecule has 0 bridgehead atoms. The van der Waals surface area contributed by atoms with Gasteiger partial charge in [-0.25, -0.2) is 0 Å². The fourth-order valence-corrected chi connectivity index (χ4v) is 2.23. The van der Waals surface area contributed by atoms with Crippen molar-refractivity contribution < 1.29 is 10.2 Å². The Morgan fingerprint density at radius 3 is 2.10 bits per heavy atom. The predicted molar refractivity (Wildman–Crippen MR) is 83.9 cm³/mol. The van der Waals surface area contributed by atoms with Gasteiger partial charge in [-0.05, 0) is 29.9 Å². The molecule has 0 fully saturated rings. The number of hydrogen-bond donors (Lipinski definition) is 3. The van der Waals surface area contributed by atoms with Crippen molar-refractivity contribution in [2.45, 2.75) is 64.6 Å². The first-order valence-electron chi connectivity index (χ1n) is 7.45. The molecule has 0 aromatic heterocycles. The minimum atomic E-state index is -0.565. The highest BCUT2D eigenvalue weighted by Crippen LogP contribution is 2.25. The van der Waals surface area contributed by atoms with Crippen molar-refractivity contribution in [2.24, 2.45) is 0 Å². The maximum absolute atomic E-state index is 10.4. The lowest BCUT2D eigenvalue weighted by molar-refractivity contribution is 0.118. The molecule has 3 nitrogen and oxygen atoms in total. The maximum atomic E-state index is 10.4. The van der Waals surface area contributed by atoms with Crippen molar-refractivity contribution in [3.05, 3.63) is 35.4 Å². The number of hydrogen-bond acceptors (Lipinski definition) is 3. The predicted octanol–water partition coefficient (Wildman–Crippen LogP) is 2.77. The largest absolute Gasteiger partial charge is 0.395 e. The van der Waals surface area contributed by atoms with Gasteiger partial charge in [-0.2, -0.15) is 0 Å². The Morgan fingerprint density at radius 1 is 1.15 bits per heavy atom. The number of benzene rings is 1. The van der Waals surface area contributed by atoms with Gasteiger partial charge in [-0.3, -0.25) is 0 Å². The second kappa shape index (κ2) is 7.21. The molecular weight excluding hydrogens is 250 g/mol. The number of aliphatic hydroxyl groups excluding tert-OH is 2. The van der Waals surface area contributed by atoms with Crippen molar-refractivity contribution in [1.82, 2.24) is 5.32 Å². The summed E-state index contributed by atoms with van der Waals surface area (Å²) in [4.78, 5) is 0. The molecule has 1 aromatic carbocycles. The molecular formula is C17H29NO2. The van der Waals surface area contributed by atoms with Crippen LogP contribution in [-0.4, -0.2) is 28.9 Å². The zero-order valence-corrected chi connectivity index (χ0v) is 13.4. The molecule has 3 atom stereocenters. The SMILES string of the molecule is CCC(CO)NC(C)C(O)c1ccc(C(C)(C)C)cc1. The molecule has 20 heavy (non-hydrogen) atoms. The Morgan fingerprint density at radius 2 is 1.70 bits per heavy atom. The van der Waals surface area contributed by atoms with Crippen molar-refractivity contribution in [1.29, 1.82) is 0 Å². The van der Waals surface area contributed by atoms with E-state index >= 15 is 0 Å². The van der Waals surface area contributed by atoms with Crippen molar-refractivity contribution in [3.63, 3.8) is 0 Å². The fourth-order valence-electron chi connectivity index (χ4n) is 2.23. The minimum Gasteiger partial charge on any atom is -0.395 e. The van der Waals surface area contributed by atoms with Crippen LogP contribution in [-0.2, 0) is 5.41 Å². The van der Waals surface area contributed by atoms with Crippen LogP contribution in [0, 0.1) is 0 Å². The van der Waals surface area contributed by atoms with Gasteiger partial charge in [0, 0.05) is 12.1 Å². The van der Waals surface area contributed by atoms with Gasteiger partial charge in [0.15, 0.2) is 0 Å². The highest BCUT2D eigenvalue weighted by Gasteiger charge is 2.20. The van der Waals surface area contributed by atoms with Crippen LogP contribution in [0.15, 0.2) is 24.3 Å². The van der Waals surface area contributed by atoms with E-state index in [9.17, 15) is 10.2 Å². The minimum absolute atomic E-state index is 0.0356. The van der Waals surface area contributed by atoms with Crippen LogP contribution in [0.4, 0.5) is 0 Å². The molecule has 114 valence electrons. The molecule has 3 unspecified atom stereocenters. The van der Waals surface area contributed by atoms with E-state index in [4.69, 9.17) is 0 Å². The molecule has 0 spiro atoms. The van der Waals surface area contributed by atoms with E-state index in [0.717, 1.165) is 12.0 Å². The Labute approximate surface area is 123 Å². The Kier molecular flexibility index (Phi) is 6.18. The molecule has 0 saturated heterocycles. The van der Waals surface area contributed by atoms with E-state index < -0.39 is 6.10 Å². The Hall–Kier alpha value is -0.900. The zero-order valence-electron chi connectivity index (χ0n) is 13.4. The molecule has 1 rings (SSSR count). The molecule has 0 aliphatic rings. The monoisotopic (exact) mass is 279 g/mol. The topological polar surface area (TPSA) is 52.5 Å². The average molecular weight is 279 g/mol. The van der Waals surface area contributed by atoms with E-state index in [0.29, 0.717) is 0 Å². The Balaban J connectivity index is 2.74. The summed E-state index contributed by atoms with van der Waals surface area (Å²) in [6.07, 6.45) is 0.279. The second-order valence-electron chi connectivity index (χ2n) is 6.56. The van der Waals surface area contributed by atoms with Gasteiger partial charge < -0.3 is 15.5 Å². The summed E-state index contributed by atoms with van der Waals surface area (Å²) >= 11 is 0. The van der Waals surface area contributed by atoms with Crippen LogP contribution < -0.4 is 5.32 Å². The normalized spacial score (nSPS) is 16.8. The van der Waals surface area contributed by atoms with Crippen LogP contribution >= 0.6 is 0 Å². The summed E-state index contributed by atoms with van der Waals surface area (Å²) < 4.78 is 0. The first kappa shape index (κ1) is 17.2. The summed E-state index contributed by atoms with van der Waals surface area (Å²) in [5, 5.41) is 22.8.